The van der Waals surface area contributed by atoms with Gasteiger partial charge in [0.25, 0.3) is 5.56 Å². The molecule has 0 radical (unpaired) electrons. The SMILES string of the molecule is O=c1[nH]c(SCC2CC2)nc2c1CCCC2. The van der Waals surface area contributed by atoms with Crippen LogP contribution in [-0.4, -0.2) is 15.7 Å². The average molecular weight is 236 g/mol. The van der Waals surface area contributed by atoms with Gasteiger partial charge < -0.3 is 4.98 Å². The Bertz CT molecular complexity index is 451. The van der Waals surface area contributed by atoms with Gasteiger partial charge in [0.2, 0.25) is 0 Å². The molecule has 3 nitrogen and oxygen atoms in total. The van der Waals surface area contributed by atoms with Gasteiger partial charge in [-0.3, -0.25) is 4.79 Å². The molecule has 1 N–H and O–H groups in total. The smallest absolute Gasteiger partial charge is 0.254 e. The number of rotatable bonds is 3. The first kappa shape index (κ1) is 10.4. The van der Waals surface area contributed by atoms with Crippen LogP contribution >= 0.6 is 11.8 Å². The summed E-state index contributed by atoms with van der Waals surface area (Å²) in [5, 5.41) is 0.831. The van der Waals surface area contributed by atoms with E-state index >= 15 is 0 Å². The van der Waals surface area contributed by atoms with Crippen LogP contribution in [-0.2, 0) is 12.8 Å². The molecule has 1 aromatic rings. The van der Waals surface area contributed by atoms with Gasteiger partial charge in [-0.1, -0.05) is 11.8 Å². The zero-order valence-electron chi connectivity index (χ0n) is 9.29. The summed E-state index contributed by atoms with van der Waals surface area (Å²) in [7, 11) is 0. The number of thioether (sulfide) groups is 1. The second kappa shape index (κ2) is 4.24. The lowest BCUT2D eigenvalue weighted by molar-refractivity contribution is 0.641. The molecule has 0 amide bonds. The number of nitrogens with one attached hydrogen (secondary N) is 1. The third kappa shape index (κ3) is 2.17. The Labute approximate surface area is 99.1 Å². The molecule has 3 rings (SSSR count). The molecule has 0 saturated heterocycles. The standard InChI is InChI=1S/C12H16N2OS/c15-11-9-3-1-2-4-10(9)13-12(14-11)16-7-8-5-6-8/h8H,1-7H2,(H,13,14,15). The zero-order chi connectivity index (χ0) is 11.0. The highest BCUT2D eigenvalue weighted by atomic mass is 32.2. The Morgan fingerprint density at radius 1 is 1.31 bits per heavy atom. The van der Waals surface area contributed by atoms with Gasteiger partial charge in [-0.25, -0.2) is 4.98 Å². The maximum absolute atomic E-state index is 11.8. The van der Waals surface area contributed by atoms with Crippen LogP contribution in [0, 0.1) is 5.92 Å². The molecule has 1 fully saturated rings. The Kier molecular flexibility index (Phi) is 2.75. The highest BCUT2D eigenvalue weighted by Crippen LogP contribution is 2.34. The van der Waals surface area contributed by atoms with Crippen LogP contribution in [0.4, 0.5) is 0 Å². The monoisotopic (exact) mass is 236 g/mol. The number of nitrogens with zero attached hydrogens (tertiary/aromatic N) is 1. The van der Waals surface area contributed by atoms with Crippen LogP contribution in [0.2, 0.25) is 0 Å². The molecule has 4 heteroatoms. The summed E-state index contributed by atoms with van der Waals surface area (Å²) >= 11 is 1.71. The van der Waals surface area contributed by atoms with Crippen LogP contribution in [0.1, 0.15) is 36.9 Å². The normalized spacial score (nSPS) is 19.5. The first-order valence-electron chi connectivity index (χ1n) is 6.08. The summed E-state index contributed by atoms with van der Waals surface area (Å²) in [6.07, 6.45) is 6.90. The average Bonchev–Trinajstić information content (AvgIpc) is 3.10. The van der Waals surface area contributed by atoms with Gasteiger partial charge in [-0.2, -0.15) is 0 Å². The highest BCUT2D eigenvalue weighted by molar-refractivity contribution is 7.99. The van der Waals surface area contributed by atoms with Gasteiger partial charge in [0.15, 0.2) is 5.16 Å². The lowest BCUT2D eigenvalue weighted by Crippen LogP contribution is -2.21. The molecule has 86 valence electrons. The summed E-state index contributed by atoms with van der Waals surface area (Å²) in [5.74, 6) is 1.98. The van der Waals surface area contributed by atoms with Crippen molar-refractivity contribution in [1.82, 2.24) is 9.97 Å². The van der Waals surface area contributed by atoms with Crippen molar-refractivity contribution in [1.29, 1.82) is 0 Å². The molecule has 0 spiro atoms. The van der Waals surface area contributed by atoms with Crippen molar-refractivity contribution in [2.45, 2.75) is 43.7 Å². The fourth-order valence-electron chi connectivity index (χ4n) is 2.13. The summed E-state index contributed by atoms with van der Waals surface area (Å²) in [5.41, 5.74) is 2.08. The van der Waals surface area contributed by atoms with Crippen molar-refractivity contribution >= 4 is 11.8 Å². The van der Waals surface area contributed by atoms with E-state index in [-0.39, 0.29) is 5.56 Å². The Morgan fingerprint density at radius 3 is 2.94 bits per heavy atom. The molecule has 0 unspecified atom stereocenters. The second-order valence-corrected chi connectivity index (χ2v) is 5.77. The first-order chi connectivity index (χ1) is 7.83. The Balaban J connectivity index is 1.82. The van der Waals surface area contributed by atoms with Gasteiger partial charge in [0.05, 0.1) is 5.69 Å². The summed E-state index contributed by atoms with van der Waals surface area (Å²) in [6.45, 7) is 0. The molecule has 16 heavy (non-hydrogen) atoms. The zero-order valence-corrected chi connectivity index (χ0v) is 10.1. The van der Waals surface area contributed by atoms with E-state index in [1.807, 2.05) is 0 Å². The summed E-state index contributed by atoms with van der Waals surface area (Å²) in [4.78, 5) is 19.3. The van der Waals surface area contributed by atoms with Gasteiger partial charge >= 0.3 is 0 Å². The van der Waals surface area contributed by atoms with Gasteiger partial charge in [-0.05, 0) is 44.4 Å². The molecule has 2 aliphatic carbocycles. The van der Waals surface area contributed by atoms with Crippen molar-refractivity contribution < 1.29 is 0 Å². The number of aryl methyl sites for hydroxylation is 1. The van der Waals surface area contributed by atoms with E-state index in [0.29, 0.717) is 0 Å². The molecule has 0 atom stereocenters. The number of hydrogen-bond donors (Lipinski definition) is 1. The predicted molar refractivity (Wildman–Crippen MR) is 64.9 cm³/mol. The number of hydrogen-bond acceptors (Lipinski definition) is 3. The van der Waals surface area contributed by atoms with Crippen molar-refractivity contribution in [3.63, 3.8) is 0 Å². The molecule has 2 aliphatic rings. The van der Waals surface area contributed by atoms with Crippen LogP contribution in [0.3, 0.4) is 0 Å². The summed E-state index contributed by atoms with van der Waals surface area (Å²) in [6, 6.07) is 0. The van der Waals surface area contributed by atoms with Crippen LogP contribution < -0.4 is 5.56 Å². The van der Waals surface area contributed by atoms with Crippen LogP contribution in [0.25, 0.3) is 0 Å². The van der Waals surface area contributed by atoms with Crippen molar-refractivity contribution in [3.05, 3.63) is 21.6 Å². The van der Waals surface area contributed by atoms with Crippen molar-refractivity contribution in [2.75, 3.05) is 5.75 Å². The fourth-order valence-corrected chi connectivity index (χ4v) is 3.20. The van der Waals surface area contributed by atoms with Gasteiger partial charge in [-0.15, -0.1) is 0 Å². The minimum absolute atomic E-state index is 0.1000. The lowest BCUT2D eigenvalue weighted by atomic mass is 9.97. The van der Waals surface area contributed by atoms with E-state index in [1.165, 1.54) is 19.3 Å². The quantitative estimate of drug-likeness (QED) is 0.646. The highest BCUT2D eigenvalue weighted by Gasteiger charge is 2.22. The van der Waals surface area contributed by atoms with E-state index < -0.39 is 0 Å². The number of aromatic nitrogens is 2. The third-order valence-corrected chi connectivity index (χ3v) is 4.43. The lowest BCUT2D eigenvalue weighted by Gasteiger charge is -2.14. The largest absolute Gasteiger partial charge is 0.301 e. The third-order valence-electron chi connectivity index (χ3n) is 3.32. The molecule has 0 aliphatic heterocycles. The molecule has 0 bridgehead atoms. The Hall–Kier alpha value is -0.770. The van der Waals surface area contributed by atoms with Crippen molar-refractivity contribution in [2.24, 2.45) is 5.92 Å². The molecule has 1 heterocycles. The topological polar surface area (TPSA) is 45.8 Å². The Morgan fingerprint density at radius 2 is 2.12 bits per heavy atom. The van der Waals surface area contributed by atoms with E-state index in [9.17, 15) is 4.79 Å². The van der Waals surface area contributed by atoms with Gasteiger partial charge in [0.1, 0.15) is 0 Å². The maximum Gasteiger partial charge on any atom is 0.254 e. The van der Waals surface area contributed by atoms with E-state index in [0.717, 1.165) is 47.3 Å². The number of aromatic amines is 1. The minimum atomic E-state index is 0.1000. The van der Waals surface area contributed by atoms with Gasteiger partial charge in [0, 0.05) is 11.3 Å². The predicted octanol–water partition coefficient (Wildman–Crippen LogP) is 2.15. The van der Waals surface area contributed by atoms with E-state index in [4.69, 9.17) is 0 Å². The molecule has 0 aromatic carbocycles. The number of H-pyrrole nitrogens is 1. The fraction of sp³-hybridized carbons (Fsp3) is 0.667. The number of fused-ring (bicyclic) bond motifs is 1. The summed E-state index contributed by atoms with van der Waals surface area (Å²) < 4.78 is 0. The molecular formula is C12H16N2OS. The van der Waals surface area contributed by atoms with Crippen molar-refractivity contribution in [3.8, 4) is 0 Å². The molecule has 1 saturated carbocycles. The van der Waals surface area contributed by atoms with Crippen LogP contribution in [0.15, 0.2) is 9.95 Å². The molecule has 1 aromatic heterocycles. The molecular weight excluding hydrogens is 220 g/mol. The maximum atomic E-state index is 11.8. The van der Waals surface area contributed by atoms with E-state index in [2.05, 4.69) is 9.97 Å². The van der Waals surface area contributed by atoms with E-state index in [1.54, 1.807) is 11.8 Å². The second-order valence-electron chi connectivity index (χ2n) is 4.76. The minimum Gasteiger partial charge on any atom is -0.301 e. The first-order valence-corrected chi connectivity index (χ1v) is 7.06. The van der Waals surface area contributed by atoms with Crippen LogP contribution in [0.5, 0.6) is 0 Å².